The Labute approximate surface area is 120 Å². The highest BCUT2D eigenvalue weighted by atomic mass is 32.1. The zero-order valence-corrected chi connectivity index (χ0v) is 12.3. The Morgan fingerprint density at radius 2 is 2.10 bits per heavy atom. The van der Waals surface area contributed by atoms with Gasteiger partial charge in [-0.05, 0) is 24.4 Å². The van der Waals surface area contributed by atoms with Crippen LogP contribution in [0.25, 0.3) is 10.1 Å². The van der Waals surface area contributed by atoms with E-state index in [9.17, 15) is 4.79 Å². The molecule has 1 saturated heterocycles. The molecule has 106 valence electrons. The largest absolute Gasteiger partial charge is 0.362 e. The summed E-state index contributed by atoms with van der Waals surface area (Å²) < 4.78 is 1.19. The maximum Gasteiger partial charge on any atom is 0.322 e. The van der Waals surface area contributed by atoms with Gasteiger partial charge in [-0.15, -0.1) is 11.3 Å². The lowest BCUT2D eigenvalue weighted by Crippen LogP contribution is -2.39. The average Bonchev–Trinajstić information content (AvgIpc) is 3.01. The van der Waals surface area contributed by atoms with Crippen molar-refractivity contribution in [2.24, 2.45) is 0 Å². The van der Waals surface area contributed by atoms with Gasteiger partial charge in [-0.3, -0.25) is 4.79 Å². The predicted molar refractivity (Wildman–Crippen MR) is 74.4 cm³/mol. The molecule has 1 aromatic heterocycles. The van der Waals surface area contributed by atoms with Crippen molar-refractivity contribution in [1.82, 2.24) is 5.06 Å². The third kappa shape index (κ3) is 2.43. The van der Waals surface area contributed by atoms with Gasteiger partial charge in [0.2, 0.25) is 0 Å². The summed E-state index contributed by atoms with van der Waals surface area (Å²) in [5, 5.41) is 2.62. The Morgan fingerprint density at radius 1 is 1.40 bits per heavy atom. The van der Waals surface area contributed by atoms with E-state index in [1.54, 1.807) is 18.3 Å². The first kappa shape index (κ1) is 13.5. The number of rotatable bonds is 4. The highest BCUT2D eigenvalue weighted by Crippen LogP contribution is 2.42. The van der Waals surface area contributed by atoms with Crippen LogP contribution < -0.4 is 0 Å². The molecule has 0 spiro atoms. The number of benzene rings is 1. The van der Waals surface area contributed by atoms with Crippen LogP contribution in [-0.2, 0) is 19.4 Å². The molecular weight excluding hydrogens is 278 g/mol. The van der Waals surface area contributed by atoms with Crippen molar-refractivity contribution < 1.29 is 19.4 Å². The third-order valence-electron chi connectivity index (χ3n) is 3.16. The van der Waals surface area contributed by atoms with E-state index in [-0.39, 0.29) is 6.04 Å². The van der Waals surface area contributed by atoms with Crippen molar-refractivity contribution >= 4 is 27.4 Å². The fourth-order valence-corrected chi connectivity index (χ4v) is 3.21. The van der Waals surface area contributed by atoms with Crippen molar-refractivity contribution in [3.05, 3.63) is 35.2 Å². The van der Waals surface area contributed by atoms with Gasteiger partial charge in [0.05, 0.1) is 6.04 Å². The maximum absolute atomic E-state index is 11.3. The molecule has 6 heteroatoms. The molecule has 1 atom stereocenters. The molecule has 1 aliphatic rings. The summed E-state index contributed by atoms with van der Waals surface area (Å²) in [5.41, 5.74) is 0. The smallest absolute Gasteiger partial charge is 0.322 e. The third-order valence-corrected chi connectivity index (χ3v) is 4.45. The summed E-state index contributed by atoms with van der Waals surface area (Å²) in [7, 11) is 0. The Bertz CT molecular complexity index is 616. The molecule has 1 unspecified atom stereocenters. The van der Waals surface area contributed by atoms with Gasteiger partial charge in [0.25, 0.3) is 0 Å². The summed E-state index contributed by atoms with van der Waals surface area (Å²) in [6.07, 6.45) is 0. The summed E-state index contributed by atoms with van der Waals surface area (Å²) in [6, 6.07) is 10.1. The van der Waals surface area contributed by atoms with E-state index < -0.39 is 11.9 Å². The zero-order valence-electron chi connectivity index (χ0n) is 11.5. The van der Waals surface area contributed by atoms with Crippen molar-refractivity contribution in [2.45, 2.75) is 32.7 Å². The Kier molecular flexibility index (Phi) is 3.25. The van der Waals surface area contributed by atoms with E-state index in [4.69, 9.17) is 14.6 Å². The first-order valence-corrected chi connectivity index (χ1v) is 7.14. The van der Waals surface area contributed by atoms with E-state index >= 15 is 0 Å². The summed E-state index contributed by atoms with van der Waals surface area (Å²) in [6.45, 7) is 5.01. The maximum atomic E-state index is 11.3. The molecule has 0 amide bonds. The van der Waals surface area contributed by atoms with Crippen LogP contribution in [0.3, 0.4) is 0 Å². The minimum Gasteiger partial charge on any atom is -0.362 e. The second kappa shape index (κ2) is 4.82. The Hall–Kier alpha value is -1.47. The van der Waals surface area contributed by atoms with Crippen LogP contribution in [0.5, 0.6) is 0 Å². The molecule has 0 radical (unpaired) electrons. The molecule has 0 saturated carbocycles. The van der Waals surface area contributed by atoms with Crippen LogP contribution in [0.4, 0.5) is 0 Å². The SMILES string of the molecule is CC(=O)ON(C(C)c1cc2ccccc2s1)C1(C)OO1. The highest BCUT2D eigenvalue weighted by molar-refractivity contribution is 7.19. The van der Waals surface area contributed by atoms with Gasteiger partial charge < -0.3 is 4.84 Å². The molecule has 1 aliphatic heterocycles. The fraction of sp³-hybridized carbons (Fsp3) is 0.357. The number of hydroxylamine groups is 2. The first-order chi connectivity index (χ1) is 9.49. The van der Waals surface area contributed by atoms with Gasteiger partial charge >= 0.3 is 11.9 Å². The summed E-state index contributed by atoms with van der Waals surface area (Å²) in [4.78, 5) is 27.4. The van der Waals surface area contributed by atoms with Crippen LogP contribution in [0.2, 0.25) is 0 Å². The van der Waals surface area contributed by atoms with Crippen LogP contribution in [0, 0.1) is 0 Å². The molecule has 3 rings (SSSR count). The van der Waals surface area contributed by atoms with Gasteiger partial charge in [0.1, 0.15) is 0 Å². The number of carbonyl (C=O) groups excluding carboxylic acids is 1. The van der Waals surface area contributed by atoms with Crippen molar-refractivity contribution in [2.75, 3.05) is 0 Å². The van der Waals surface area contributed by atoms with E-state index in [0.29, 0.717) is 0 Å². The number of carbonyl (C=O) groups is 1. The van der Waals surface area contributed by atoms with E-state index in [0.717, 1.165) is 4.88 Å². The standard InChI is InChI=1S/C14H15NO4S/c1-9(15(17-10(2)16)14(3)18-19-14)13-8-11-6-4-5-7-12(11)20-13/h4-9H,1-3H3. The Balaban J connectivity index is 1.92. The zero-order chi connectivity index (χ0) is 14.3. The first-order valence-electron chi connectivity index (χ1n) is 6.33. The lowest BCUT2D eigenvalue weighted by atomic mass is 10.2. The minimum absolute atomic E-state index is 0.163. The normalized spacial score (nSPS) is 18.2. The fourth-order valence-electron chi connectivity index (χ4n) is 2.11. The molecule has 5 nitrogen and oxygen atoms in total. The number of hydrogen-bond donors (Lipinski definition) is 0. The summed E-state index contributed by atoms with van der Waals surface area (Å²) >= 11 is 1.66. The molecule has 2 heterocycles. The lowest BCUT2D eigenvalue weighted by Gasteiger charge is -2.26. The van der Waals surface area contributed by atoms with Crippen LogP contribution >= 0.6 is 11.3 Å². The number of hydrogen-bond acceptors (Lipinski definition) is 6. The van der Waals surface area contributed by atoms with Crippen LogP contribution in [0.15, 0.2) is 30.3 Å². The monoisotopic (exact) mass is 293 g/mol. The second-order valence-corrected chi connectivity index (χ2v) is 5.95. The number of nitrogens with zero attached hydrogens (tertiary/aromatic N) is 1. The quantitative estimate of drug-likeness (QED) is 0.491. The van der Waals surface area contributed by atoms with E-state index in [2.05, 4.69) is 18.2 Å². The summed E-state index contributed by atoms with van der Waals surface area (Å²) in [5.74, 6) is -1.40. The minimum atomic E-state index is -0.999. The van der Waals surface area contributed by atoms with Gasteiger partial charge in [-0.2, -0.15) is 9.78 Å². The lowest BCUT2D eigenvalue weighted by molar-refractivity contribution is -0.236. The van der Waals surface area contributed by atoms with Crippen molar-refractivity contribution in [3.8, 4) is 0 Å². The van der Waals surface area contributed by atoms with E-state index in [1.165, 1.54) is 22.1 Å². The molecule has 20 heavy (non-hydrogen) atoms. The van der Waals surface area contributed by atoms with Gasteiger partial charge in [-0.25, -0.2) is 0 Å². The highest BCUT2D eigenvalue weighted by Gasteiger charge is 2.54. The molecule has 2 aromatic rings. The van der Waals surface area contributed by atoms with Gasteiger partial charge in [0, 0.05) is 23.4 Å². The number of fused-ring (bicyclic) bond motifs is 1. The van der Waals surface area contributed by atoms with Crippen molar-refractivity contribution in [3.63, 3.8) is 0 Å². The molecule has 1 fully saturated rings. The van der Waals surface area contributed by atoms with E-state index in [1.807, 2.05) is 19.1 Å². The van der Waals surface area contributed by atoms with Gasteiger partial charge in [-0.1, -0.05) is 23.3 Å². The Morgan fingerprint density at radius 3 is 2.70 bits per heavy atom. The molecule has 0 bridgehead atoms. The molecule has 0 N–H and O–H groups in total. The molecule has 1 aromatic carbocycles. The number of thiophene rings is 1. The average molecular weight is 293 g/mol. The second-order valence-electron chi connectivity index (χ2n) is 4.84. The topological polar surface area (TPSA) is 54.6 Å². The molecular formula is C14H15NO4S. The van der Waals surface area contributed by atoms with Crippen LogP contribution in [0.1, 0.15) is 31.7 Å². The molecule has 0 aliphatic carbocycles. The van der Waals surface area contributed by atoms with Crippen LogP contribution in [-0.4, -0.2) is 16.9 Å². The van der Waals surface area contributed by atoms with Crippen molar-refractivity contribution in [1.29, 1.82) is 0 Å². The predicted octanol–water partition coefficient (Wildman–Crippen LogP) is 3.38. The van der Waals surface area contributed by atoms with Gasteiger partial charge in [0.15, 0.2) is 0 Å².